The maximum atomic E-state index is 13.3. The lowest BCUT2D eigenvalue weighted by atomic mass is 9.89. The van der Waals surface area contributed by atoms with Crippen LogP contribution < -0.4 is 10.2 Å². The molecule has 1 N–H and O–H groups in total. The number of anilines is 1. The third kappa shape index (κ3) is 5.03. The lowest BCUT2D eigenvalue weighted by Gasteiger charge is -2.25. The van der Waals surface area contributed by atoms with Gasteiger partial charge in [0.2, 0.25) is 5.91 Å². The Morgan fingerprint density at radius 2 is 2.10 bits per heavy atom. The van der Waals surface area contributed by atoms with E-state index in [1.54, 1.807) is 6.07 Å². The van der Waals surface area contributed by atoms with Gasteiger partial charge in [0.05, 0.1) is 6.54 Å². The quantitative estimate of drug-likeness (QED) is 0.872. The molecule has 0 bridgehead atoms. The molecule has 0 saturated heterocycles. The van der Waals surface area contributed by atoms with Crippen molar-refractivity contribution in [2.24, 2.45) is 5.92 Å². The summed E-state index contributed by atoms with van der Waals surface area (Å²) in [5.74, 6) is 0.382. The Kier molecular flexibility index (Phi) is 6.03. The van der Waals surface area contributed by atoms with Gasteiger partial charge in [-0.3, -0.25) is 4.79 Å². The summed E-state index contributed by atoms with van der Waals surface area (Å²) in [6.07, 6.45) is 6.34. The number of hydrogen-bond acceptors (Lipinski definition) is 2. The van der Waals surface area contributed by atoms with Gasteiger partial charge in [-0.05, 0) is 43.9 Å². The largest absolute Gasteiger partial charge is 0.362 e. The third-order valence-electron chi connectivity index (χ3n) is 4.20. The fraction of sp³-hybridized carbons (Fsp3) is 0.588. The zero-order valence-corrected chi connectivity index (χ0v) is 12.8. The SMILES string of the molecule is CCN(CC(=O)NCC1CCCCC1)c1cccc(F)c1. The van der Waals surface area contributed by atoms with Gasteiger partial charge in [-0.15, -0.1) is 0 Å². The number of amides is 1. The van der Waals surface area contributed by atoms with Crippen molar-refractivity contribution in [3.8, 4) is 0 Å². The molecule has 2 rings (SSSR count). The lowest BCUT2D eigenvalue weighted by Crippen LogP contribution is -2.39. The van der Waals surface area contributed by atoms with Crippen molar-refractivity contribution in [2.75, 3.05) is 24.5 Å². The van der Waals surface area contributed by atoms with Crippen molar-refractivity contribution >= 4 is 11.6 Å². The van der Waals surface area contributed by atoms with Crippen molar-refractivity contribution in [3.63, 3.8) is 0 Å². The summed E-state index contributed by atoms with van der Waals surface area (Å²) >= 11 is 0. The van der Waals surface area contributed by atoms with Gasteiger partial charge >= 0.3 is 0 Å². The van der Waals surface area contributed by atoms with Crippen molar-refractivity contribution < 1.29 is 9.18 Å². The van der Waals surface area contributed by atoms with Gasteiger partial charge in [-0.25, -0.2) is 4.39 Å². The summed E-state index contributed by atoms with van der Waals surface area (Å²) in [6.45, 7) is 3.71. The molecule has 0 spiro atoms. The zero-order valence-electron chi connectivity index (χ0n) is 12.8. The van der Waals surface area contributed by atoms with Gasteiger partial charge in [-0.1, -0.05) is 25.3 Å². The van der Waals surface area contributed by atoms with Crippen molar-refractivity contribution in [1.82, 2.24) is 5.32 Å². The van der Waals surface area contributed by atoms with E-state index in [0.29, 0.717) is 12.5 Å². The number of halogens is 1. The van der Waals surface area contributed by atoms with Crippen LogP contribution in [0.4, 0.5) is 10.1 Å². The standard InChI is InChI=1S/C17H25FN2O/c1-2-20(16-10-6-9-15(18)11-16)13-17(21)19-12-14-7-4-3-5-8-14/h6,9-11,14H,2-5,7-8,12-13H2,1H3,(H,19,21). The summed E-state index contributed by atoms with van der Waals surface area (Å²) in [5, 5.41) is 3.03. The van der Waals surface area contributed by atoms with Gasteiger partial charge in [0, 0.05) is 18.8 Å². The topological polar surface area (TPSA) is 32.3 Å². The van der Waals surface area contributed by atoms with Crippen LogP contribution in [0.2, 0.25) is 0 Å². The van der Waals surface area contributed by atoms with Crippen LogP contribution in [0.25, 0.3) is 0 Å². The Morgan fingerprint density at radius 3 is 2.76 bits per heavy atom. The highest BCUT2D eigenvalue weighted by atomic mass is 19.1. The summed E-state index contributed by atoms with van der Waals surface area (Å²) in [4.78, 5) is 14.0. The number of carbonyl (C=O) groups excluding carboxylic acids is 1. The van der Waals surface area contributed by atoms with Crippen molar-refractivity contribution in [2.45, 2.75) is 39.0 Å². The Balaban J connectivity index is 1.82. The monoisotopic (exact) mass is 292 g/mol. The summed E-state index contributed by atoms with van der Waals surface area (Å²) < 4.78 is 13.3. The number of rotatable bonds is 6. The summed E-state index contributed by atoms with van der Waals surface area (Å²) in [7, 11) is 0. The van der Waals surface area contributed by atoms with Crippen LogP contribution >= 0.6 is 0 Å². The third-order valence-corrected chi connectivity index (χ3v) is 4.20. The summed E-state index contributed by atoms with van der Waals surface area (Å²) in [6, 6.07) is 6.40. The molecule has 1 amide bonds. The first-order chi connectivity index (χ1) is 10.2. The predicted octanol–water partition coefficient (Wildman–Crippen LogP) is 3.35. The molecule has 4 heteroatoms. The molecular weight excluding hydrogens is 267 g/mol. The molecule has 3 nitrogen and oxygen atoms in total. The molecule has 0 aliphatic heterocycles. The molecule has 1 aromatic rings. The Labute approximate surface area is 126 Å². The minimum absolute atomic E-state index is 0.0201. The van der Waals surface area contributed by atoms with E-state index in [0.717, 1.165) is 12.2 Å². The van der Waals surface area contributed by atoms with Crippen LogP contribution in [0, 0.1) is 11.7 Å². The first-order valence-corrected chi connectivity index (χ1v) is 7.96. The van der Waals surface area contributed by atoms with Crippen LogP contribution in [0.3, 0.4) is 0 Å². The van der Waals surface area contributed by atoms with Crippen LogP contribution in [-0.4, -0.2) is 25.5 Å². The molecule has 1 aliphatic rings. The van der Waals surface area contributed by atoms with Crippen LogP contribution in [0.5, 0.6) is 0 Å². The van der Waals surface area contributed by atoms with E-state index in [1.807, 2.05) is 17.9 Å². The van der Waals surface area contributed by atoms with Gasteiger partial charge in [0.1, 0.15) is 5.82 Å². The molecular formula is C17H25FN2O. The van der Waals surface area contributed by atoms with Gasteiger partial charge in [0.25, 0.3) is 0 Å². The first-order valence-electron chi connectivity index (χ1n) is 7.96. The molecule has 1 aromatic carbocycles. The number of benzene rings is 1. The van der Waals surface area contributed by atoms with E-state index in [2.05, 4.69) is 5.32 Å². The normalized spacial score (nSPS) is 15.7. The highest BCUT2D eigenvalue weighted by Crippen LogP contribution is 2.22. The number of hydrogen-bond donors (Lipinski definition) is 1. The molecule has 1 saturated carbocycles. The molecule has 0 heterocycles. The smallest absolute Gasteiger partial charge is 0.239 e. The van der Waals surface area contributed by atoms with E-state index in [-0.39, 0.29) is 18.3 Å². The number of carbonyl (C=O) groups is 1. The molecule has 0 atom stereocenters. The van der Waals surface area contributed by atoms with E-state index >= 15 is 0 Å². The Morgan fingerprint density at radius 1 is 1.33 bits per heavy atom. The van der Waals surface area contributed by atoms with E-state index < -0.39 is 0 Å². The average molecular weight is 292 g/mol. The second-order valence-electron chi connectivity index (χ2n) is 5.80. The maximum absolute atomic E-state index is 13.3. The predicted molar refractivity (Wildman–Crippen MR) is 83.9 cm³/mol. The fourth-order valence-corrected chi connectivity index (χ4v) is 2.94. The average Bonchev–Trinajstić information content (AvgIpc) is 2.51. The second kappa shape index (κ2) is 8.01. The maximum Gasteiger partial charge on any atom is 0.239 e. The van der Waals surface area contributed by atoms with E-state index in [4.69, 9.17) is 0 Å². The minimum Gasteiger partial charge on any atom is -0.362 e. The Hall–Kier alpha value is -1.58. The van der Waals surface area contributed by atoms with Crippen molar-refractivity contribution in [1.29, 1.82) is 0 Å². The van der Waals surface area contributed by atoms with Crippen LogP contribution in [-0.2, 0) is 4.79 Å². The molecule has 1 fully saturated rings. The highest BCUT2D eigenvalue weighted by molar-refractivity contribution is 5.81. The molecule has 116 valence electrons. The molecule has 1 aliphatic carbocycles. The Bertz CT molecular complexity index is 458. The number of nitrogens with one attached hydrogen (secondary N) is 1. The van der Waals surface area contributed by atoms with Gasteiger partial charge in [-0.2, -0.15) is 0 Å². The molecule has 0 radical (unpaired) electrons. The fourth-order valence-electron chi connectivity index (χ4n) is 2.94. The van der Waals surface area contributed by atoms with E-state index in [9.17, 15) is 9.18 Å². The minimum atomic E-state index is -0.270. The molecule has 0 aromatic heterocycles. The van der Waals surface area contributed by atoms with Gasteiger partial charge < -0.3 is 10.2 Å². The number of nitrogens with zero attached hydrogens (tertiary/aromatic N) is 1. The highest BCUT2D eigenvalue weighted by Gasteiger charge is 2.15. The molecule has 21 heavy (non-hydrogen) atoms. The lowest BCUT2D eigenvalue weighted by molar-refractivity contribution is -0.120. The second-order valence-corrected chi connectivity index (χ2v) is 5.80. The number of likely N-dealkylation sites (N-methyl/N-ethyl adjacent to an activating group) is 1. The van der Waals surface area contributed by atoms with Crippen LogP contribution in [0.15, 0.2) is 24.3 Å². The summed E-state index contributed by atoms with van der Waals surface area (Å²) in [5.41, 5.74) is 0.755. The van der Waals surface area contributed by atoms with Gasteiger partial charge in [0.15, 0.2) is 0 Å². The van der Waals surface area contributed by atoms with Crippen molar-refractivity contribution in [3.05, 3.63) is 30.1 Å². The first kappa shape index (κ1) is 15.8. The van der Waals surface area contributed by atoms with Crippen LogP contribution in [0.1, 0.15) is 39.0 Å². The van der Waals surface area contributed by atoms with E-state index in [1.165, 1.54) is 44.2 Å². The zero-order chi connectivity index (χ0) is 15.1. The molecule has 0 unspecified atom stereocenters.